The second kappa shape index (κ2) is 26.0. The van der Waals surface area contributed by atoms with E-state index in [0.29, 0.717) is 87.4 Å². The lowest BCUT2D eigenvalue weighted by molar-refractivity contribution is -0.183. The lowest BCUT2D eigenvalue weighted by atomic mass is 9.43. The average Bonchev–Trinajstić information content (AvgIpc) is 1.30. The molecular formula is C84H132N4O6. The molecular weight excluding hydrogens is 1160 g/mol. The molecule has 0 aromatic carbocycles. The fourth-order valence-corrected chi connectivity index (χ4v) is 31.1. The third-order valence-electron chi connectivity index (χ3n) is 36.0. The molecule has 0 heterocycles. The van der Waals surface area contributed by atoms with E-state index >= 15 is 0 Å². The Morgan fingerprint density at radius 1 is 0.309 bits per heavy atom. The zero-order chi connectivity index (χ0) is 67.0. The Morgan fingerprint density at radius 2 is 0.574 bits per heavy atom. The van der Waals surface area contributed by atoms with Crippen LogP contribution in [0.2, 0.25) is 0 Å². The van der Waals surface area contributed by atoms with Crippen molar-refractivity contribution in [3.05, 3.63) is 0 Å². The van der Waals surface area contributed by atoms with E-state index in [1.165, 1.54) is 116 Å². The molecule has 0 unspecified atom stereocenters. The quantitative estimate of drug-likeness (QED) is 0.207. The van der Waals surface area contributed by atoms with Gasteiger partial charge < -0.3 is 29.9 Å². The standard InChI is InChI=1S/C22H35NO.C21H33NO2.C21H33NO.C20H31NO2/c1-14-9-10-21(2)15(11-14)5-7-17-18-8-6-16(13-23)22(18,3)12-19(24-4)20(17)21;1-20-9-8-15(23)10-13(20)4-6-16-17-7-5-14(12-22)21(17,2)11-18(24-3)19(16)20;1-13-8-9-20(2)14(10-13)4-6-16-17-7-5-15(12-22)21(17,3)11-18(23)19(16)20;1-19-8-7-14(22)9-12(19)3-5-15-16-6-4-13(11-21)20(16,2)10-17(23)18(15)19/h14-20H,5-12H2,1-4H3;13-19,23H,4-11H2,1-3H3;13-19,23H,4-11H2,1-3H3;12-18,22-23H,3-10H2,1-2H3/t14-,15+,16-,17+,18+,19+,20-,21+,22-;13-,14+,15+,16-,17-,18-,19+,20-,21+;13-,14+,15-,16+,17+,18+,19-,20+,21-;12-,13+,14+,15-,16-,17-,18+,19-,20+/m1010/s1. The van der Waals surface area contributed by atoms with Gasteiger partial charge in [0.05, 0.1) is 84.6 Å². The fourth-order valence-electron chi connectivity index (χ4n) is 31.1. The average molecular weight is 1290 g/mol. The summed E-state index contributed by atoms with van der Waals surface area (Å²) in [5.41, 5.74) is 1.76. The van der Waals surface area contributed by atoms with Gasteiger partial charge in [0, 0.05) is 14.2 Å². The van der Waals surface area contributed by atoms with Gasteiger partial charge in [0.2, 0.25) is 0 Å². The number of ether oxygens (including phenoxy) is 2. The first-order valence-corrected chi connectivity index (χ1v) is 40.0. The van der Waals surface area contributed by atoms with Crippen LogP contribution in [0, 0.1) is 219 Å². The molecule has 524 valence electrons. The highest BCUT2D eigenvalue weighted by Gasteiger charge is 2.68. The topological polar surface area (TPSA) is 195 Å². The zero-order valence-electron chi connectivity index (χ0n) is 61.2. The summed E-state index contributed by atoms with van der Waals surface area (Å²) in [6.07, 6.45) is 37.6. The van der Waals surface area contributed by atoms with Crippen LogP contribution in [0.4, 0.5) is 0 Å². The minimum atomic E-state index is -0.266. The normalized spacial score (nSPS) is 57.7. The van der Waals surface area contributed by atoms with Gasteiger partial charge >= 0.3 is 0 Å². The first-order valence-electron chi connectivity index (χ1n) is 40.0. The Morgan fingerprint density at radius 3 is 0.872 bits per heavy atom. The first-order chi connectivity index (χ1) is 44.7. The summed E-state index contributed by atoms with van der Waals surface area (Å²) in [5.74, 6) is 13.2. The lowest BCUT2D eigenvalue weighted by Gasteiger charge is -2.62. The predicted octanol–water partition coefficient (Wildman–Crippen LogP) is 17.9. The molecule has 0 spiro atoms. The van der Waals surface area contributed by atoms with Crippen LogP contribution in [0.5, 0.6) is 0 Å². The SMILES string of the molecule is CO[C@H]1C[C@]2(C)[C@@H](C#N)CC[C@H]2[C@@H]2CC[C@H]3C[C@H](C)CC[C@]3(C)[C@H]21.CO[C@H]1C[C@]2(C)[C@@H](C#N)CC[C@H]2[C@@H]2CC[C@H]3C[C@H](O)CC[C@]3(C)[C@H]21.C[C@@H]1CC[C@@]2(C)[C@@H](CC[C@@H]3[C@@H]2[C@@H](O)C[C@]2(C)[C@@H](C#N)CC[C@@H]32)C1.C[C@]12CC[C@@H](O)C[C@@H]1CC[C@@H]1[C@@H]2[C@@H](O)C[C@]2(C)[C@@H](C#N)CC[C@@H]12. The highest BCUT2D eigenvalue weighted by atomic mass is 16.5. The summed E-state index contributed by atoms with van der Waals surface area (Å²) in [5, 5.41) is 81.1. The van der Waals surface area contributed by atoms with Crippen LogP contribution >= 0.6 is 0 Å². The van der Waals surface area contributed by atoms with Gasteiger partial charge in [-0.2, -0.15) is 21.0 Å². The van der Waals surface area contributed by atoms with E-state index in [2.05, 4.69) is 93.5 Å². The monoisotopic (exact) mass is 1290 g/mol. The van der Waals surface area contributed by atoms with Crippen molar-refractivity contribution >= 4 is 0 Å². The molecule has 94 heavy (non-hydrogen) atoms. The number of nitrogens with zero attached hydrogens (tertiary/aromatic N) is 4. The molecule has 16 aliphatic carbocycles. The molecule has 36 atom stereocenters. The maximum atomic E-state index is 11.2. The van der Waals surface area contributed by atoms with Gasteiger partial charge in [0.25, 0.3) is 0 Å². The largest absolute Gasteiger partial charge is 0.393 e. The third kappa shape index (κ3) is 11.0. The highest BCUT2D eigenvalue weighted by Crippen LogP contribution is 2.73. The fraction of sp³-hybridized carbons (Fsp3) is 0.952. The Balaban J connectivity index is 0.000000114. The summed E-state index contributed by atoms with van der Waals surface area (Å²) >= 11 is 0. The third-order valence-corrected chi connectivity index (χ3v) is 36.0. The molecule has 0 aromatic rings. The van der Waals surface area contributed by atoms with Gasteiger partial charge in [0.15, 0.2) is 0 Å². The molecule has 4 N–H and O–H groups in total. The van der Waals surface area contributed by atoms with Gasteiger partial charge in [-0.15, -0.1) is 0 Å². The number of hydrogen-bond donors (Lipinski definition) is 4. The van der Waals surface area contributed by atoms with Crippen molar-refractivity contribution in [1.29, 1.82) is 21.0 Å². The Bertz CT molecular complexity index is 2700. The van der Waals surface area contributed by atoms with E-state index in [9.17, 15) is 41.5 Å². The summed E-state index contributed by atoms with van der Waals surface area (Å²) < 4.78 is 12.3. The Hall–Kier alpha value is -2.28. The molecule has 16 saturated carbocycles. The molecule has 0 bridgehead atoms. The van der Waals surface area contributed by atoms with Crippen LogP contribution in [0.15, 0.2) is 0 Å². The van der Waals surface area contributed by atoms with Gasteiger partial charge in [0.1, 0.15) is 0 Å². The Kier molecular flexibility index (Phi) is 19.4. The van der Waals surface area contributed by atoms with E-state index in [4.69, 9.17) is 9.47 Å². The summed E-state index contributed by atoms with van der Waals surface area (Å²) in [6, 6.07) is 10.4. The number of aliphatic hydroxyl groups excluding tert-OH is 4. The smallest absolute Gasteiger partial charge is 0.0661 e. The van der Waals surface area contributed by atoms with Crippen molar-refractivity contribution in [1.82, 2.24) is 0 Å². The van der Waals surface area contributed by atoms with Gasteiger partial charge in [-0.3, -0.25) is 0 Å². The van der Waals surface area contributed by atoms with E-state index in [-0.39, 0.29) is 81.3 Å². The van der Waals surface area contributed by atoms with E-state index < -0.39 is 0 Å². The molecule has 0 aromatic heterocycles. The predicted molar refractivity (Wildman–Crippen MR) is 369 cm³/mol. The molecule has 0 amide bonds. The minimum Gasteiger partial charge on any atom is -0.393 e. The zero-order valence-corrected chi connectivity index (χ0v) is 61.2. The van der Waals surface area contributed by atoms with Crippen LogP contribution < -0.4 is 0 Å². The molecule has 0 aliphatic heterocycles. The van der Waals surface area contributed by atoms with E-state index in [0.717, 1.165) is 131 Å². The maximum Gasteiger partial charge on any atom is 0.0661 e. The van der Waals surface area contributed by atoms with Crippen LogP contribution in [-0.2, 0) is 9.47 Å². The summed E-state index contributed by atoms with van der Waals surface area (Å²) in [4.78, 5) is 0. The van der Waals surface area contributed by atoms with Crippen LogP contribution in [0.25, 0.3) is 0 Å². The molecule has 10 heteroatoms. The lowest BCUT2D eigenvalue weighted by Crippen LogP contribution is -2.59. The maximum absolute atomic E-state index is 11.2. The van der Waals surface area contributed by atoms with Crippen molar-refractivity contribution in [3.63, 3.8) is 0 Å². The first kappa shape index (κ1) is 70.2. The highest BCUT2D eigenvalue weighted by molar-refractivity contribution is 5.20. The number of methoxy groups -OCH3 is 2. The summed E-state index contributed by atoms with van der Waals surface area (Å²) in [6.45, 7) is 24.2. The molecule has 10 nitrogen and oxygen atoms in total. The molecule has 0 radical (unpaired) electrons. The number of aliphatic hydroxyl groups is 4. The van der Waals surface area contributed by atoms with E-state index in [1.807, 2.05) is 14.2 Å². The van der Waals surface area contributed by atoms with Gasteiger partial charge in [-0.05, 0) is 342 Å². The molecule has 16 fully saturated rings. The molecule has 16 rings (SSSR count). The van der Waals surface area contributed by atoms with Gasteiger partial charge in [-0.25, -0.2) is 0 Å². The minimum absolute atomic E-state index is 0.0205. The van der Waals surface area contributed by atoms with Crippen molar-refractivity contribution in [2.45, 2.75) is 311 Å². The summed E-state index contributed by atoms with van der Waals surface area (Å²) in [7, 11) is 3.81. The number of nitriles is 4. The number of hydrogen-bond acceptors (Lipinski definition) is 10. The van der Waals surface area contributed by atoms with Crippen molar-refractivity contribution in [2.24, 2.45) is 174 Å². The van der Waals surface area contributed by atoms with Crippen molar-refractivity contribution in [3.8, 4) is 24.3 Å². The van der Waals surface area contributed by atoms with Crippen molar-refractivity contribution in [2.75, 3.05) is 14.2 Å². The van der Waals surface area contributed by atoms with Crippen LogP contribution in [0.1, 0.15) is 275 Å². The number of fused-ring (bicyclic) bond motifs is 20. The second-order valence-electron chi connectivity index (χ2n) is 39.5. The Labute approximate surface area is 571 Å². The van der Waals surface area contributed by atoms with Crippen LogP contribution in [-0.4, -0.2) is 71.3 Å². The van der Waals surface area contributed by atoms with Gasteiger partial charge in [-0.1, -0.05) is 82.1 Å². The van der Waals surface area contributed by atoms with Crippen molar-refractivity contribution < 1.29 is 29.9 Å². The van der Waals surface area contributed by atoms with Crippen LogP contribution in [0.3, 0.4) is 0 Å². The second-order valence-corrected chi connectivity index (χ2v) is 39.5. The van der Waals surface area contributed by atoms with E-state index in [1.54, 1.807) is 0 Å². The number of rotatable bonds is 2. The molecule has 16 aliphatic rings. The molecule has 0 saturated heterocycles.